The number of rotatable bonds is 10. The molecule has 41 heavy (non-hydrogen) atoms. The first kappa shape index (κ1) is 30.3. The fourth-order valence-electron chi connectivity index (χ4n) is 4.75. The van der Waals surface area contributed by atoms with E-state index in [2.05, 4.69) is 55.1 Å². The molecule has 1 aliphatic rings. The van der Waals surface area contributed by atoms with Gasteiger partial charge in [0.15, 0.2) is 11.5 Å². The third-order valence-electron chi connectivity index (χ3n) is 6.72. The zero-order chi connectivity index (χ0) is 29.6. The van der Waals surface area contributed by atoms with E-state index in [0.29, 0.717) is 41.3 Å². The van der Waals surface area contributed by atoms with Crippen molar-refractivity contribution in [3.05, 3.63) is 48.4 Å². The van der Waals surface area contributed by atoms with Crippen molar-refractivity contribution in [3.8, 4) is 23.0 Å². The van der Waals surface area contributed by atoms with Crippen LogP contribution in [0.25, 0.3) is 10.9 Å². The number of hydrogen-bond donors (Lipinski definition) is 2. The van der Waals surface area contributed by atoms with E-state index in [1.165, 1.54) is 12.1 Å². The highest BCUT2D eigenvalue weighted by Gasteiger charge is 2.22. The van der Waals surface area contributed by atoms with Crippen molar-refractivity contribution >= 4 is 22.6 Å². The average molecular weight is 569 g/mol. The number of hydrogen-bond acceptors (Lipinski definition) is 7. The van der Waals surface area contributed by atoms with Crippen LogP contribution in [0, 0.1) is 11.2 Å². The number of amides is 2. The van der Waals surface area contributed by atoms with E-state index in [1.807, 2.05) is 6.07 Å². The summed E-state index contributed by atoms with van der Waals surface area (Å²) in [6.07, 6.45) is 2.82. The van der Waals surface area contributed by atoms with Gasteiger partial charge in [0.2, 0.25) is 0 Å². The molecule has 0 radical (unpaired) electrons. The van der Waals surface area contributed by atoms with Crippen molar-refractivity contribution in [2.24, 2.45) is 5.41 Å². The molecule has 0 aliphatic carbocycles. The van der Waals surface area contributed by atoms with E-state index in [0.717, 1.165) is 26.1 Å². The molecule has 2 N–H and O–H groups in total. The topological polar surface area (TPSA) is 94.2 Å². The number of halogens is 1. The second-order valence-electron chi connectivity index (χ2n) is 11.6. The monoisotopic (exact) mass is 568 g/mol. The number of methoxy groups -OCH3 is 1. The van der Waals surface area contributed by atoms with Crippen LogP contribution < -0.4 is 24.8 Å². The predicted molar refractivity (Wildman–Crippen MR) is 158 cm³/mol. The number of carbonyl (C=O) groups is 1. The maximum Gasteiger partial charge on any atom is 0.319 e. The highest BCUT2D eigenvalue weighted by Crippen LogP contribution is 2.37. The zero-order valence-electron chi connectivity index (χ0n) is 24.8. The number of nitrogens with zero attached hydrogens (tertiary/aromatic N) is 2. The third kappa shape index (κ3) is 8.68. The molecule has 0 saturated carbocycles. The number of aromatic nitrogens is 1. The lowest BCUT2D eigenvalue weighted by Crippen LogP contribution is -2.46. The Morgan fingerprint density at radius 2 is 1.85 bits per heavy atom. The maximum absolute atomic E-state index is 14.8. The van der Waals surface area contributed by atoms with Crippen LogP contribution in [0.4, 0.5) is 14.9 Å². The Balaban J connectivity index is 1.41. The molecule has 0 spiro atoms. The molecule has 1 aromatic heterocycles. The van der Waals surface area contributed by atoms with Gasteiger partial charge in [0.25, 0.3) is 0 Å². The molecule has 2 aromatic carbocycles. The summed E-state index contributed by atoms with van der Waals surface area (Å²) in [5.41, 5.74) is 0.806. The SMILES string of the molecule is COc1cc2c(Oc3ccc(NC(=O)NCCC(C)(C)C)c(F)c3)ccnc2cc1OCCN1CC(C)OC(C)C1. The van der Waals surface area contributed by atoms with Crippen molar-refractivity contribution in [2.75, 3.05) is 45.2 Å². The fraction of sp³-hybridized carbons (Fsp3) is 0.484. The van der Waals surface area contributed by atoms with E-state index in [4.69, 9.17) is 18.9 Å². The molecule has 3 aromatic rings. The number of benzene rings is 2. The number of morpholine rings is 1. The lowest BCUT2D eigenvalue weighted by Gasteiger charge is -2.35. The maximum atomic E-state index is 14.8. The lowest BCUT2D eigenvalue weighted by molar-refractivity contribution is -0.0699. The molecule has 2 heterocycles. The van der Waals surface area contributed by atoms with Gasteiger partial charge in [-0.3, -0.25) is 9.88 Å². The predicted octanol–water partition coefficient (Wildman–Crippen LogP) is 6.22. The van der Waals surface area contributed by atoms with Gasteiger partial charge < -0.3 is 29.6 Å². The van der Waals surface area contributed by atoms with Gasteiger partial charge in [0.05, 0.1) is 30.5 Å². The van der Waals surface area contributed by atoms with Crippen LogP contribution >= 0.6 is 0 Å². The molecular formula is C31H41FN4O5. The molecule has 222 valence electrons. The van der Waals surface area contributed by atoms with Gasteiger partial charge in [0, 0.05) is 49.9 Å². The lowest BCUT2D eigenvalue weighted by atomic mass is 9.92. The highest BCUT2D eigenvalue weighted by atomic mass is 19.1. The van der Waals surface area contributed by atoms with E-state index >= 15 is 0 Å². The van der Waals surface area contributed by atoms with Crippen molar-refractivity contribution in [3.63, 3.8) is 0 Å². The number of nitrogens with one attached hydrogen (secondary N) is 2. The van der Waals surface area contributed by atoms with Crippen LogP contribution in [0.3, 0.4) is 0 Å². The minimum absolute atomic E-state index is 0.0645. The van der Waals surface area contributed by atoms with Gasteiger partial charge in [-0.05, 0) is 49.9 Å². The summed E-state index contributed by atoms with van der Waals surface area (Å²) >= 11 is 0. The zero-order valence-corrected chi connectivity index (χ0v) is 24.8. The molecule has 0 bridgehead atoms. The molecule has 4 rings (SSSR count). The number of carbonyl (C=O) groups excluding carboxylic acids is 1. The minimum atomic E-state index is -0.607. The van der Waals surface area contributed by atoms with E-state index in [1.54, 1.807) is 31.5 Å². The standard InChI is InChI=1S/C31H41FN4O5/c1-20-18-36(19-21(2)40-20)13-14-39-29-17-26-23(16-28(29)38-6)27(9-11-33-26)41-22-7-8-25(24(32)15-22)35-30(37)34-12-10-31(3,4)5/h7-9,11,15-17,20-21H,10,12-14,18-19H2,1-6H3,(H2,34,35,37). The van der Waals surface area contributed by atoms with Gasteiger partial charge >= 0.3 is 6.03 Å². The molecule has 2 amide bonds. The Labute approximate surface area is 241 Å². The Kier molecular flexibility index (Phi) is 9.88. The first-order valence-corrected chi connectivity index (χ1v) is 14.0. The molecule has 1 aliphatic heterocycles. The third-order valence-corrected chi connectivity index (χ3v) is 6.72. The second-order valence-corrected chi connectivity index (χ2v) is 11.6. The summed E-state index contributed by atoms with van der Waals surface area (Å²) in [6, 6.07) is 9.18. The minimum Gasteiger partial charge on any atom is -0.493 e. The van der Waals surface area contributed by atoms with E-state index < -0.39 is 11.8 Å². The summed E-state index contributed by atoms with van der Waals surface area (Å²) in [6.45, 7) is 13.9. The van der Waals surface area contributed by atoms with Crippen LogP contribution in [-0.4, -0.2) is 68.0 Å². The molecule has 1 saturated heterocycles. The molecule has 1 fully saturated rings. The van der Waals surface area contributed by atoms with Crippen LogP contribution in [0.1, 0.15) is 41.0 Å². The van der Waals surface area contributed by atoms with Gasteiger partial charge in [-0.1, -0.05) is 20.8 Å². The summed E-state index contributed by atoms with van der Waals surface area (Å²) in [7, 11) is 1.58. The Bertz CT molecular complexity index is 1340. The molecule has 10 heteroatoms. The Morgan fingerprint density at radius 1 is 1.10 bits per heavy atom. The summed E-state index contributed by atoms with van der Waals surface area (Å²) in [5, 5.41) is 5.99. The molecule has 9 nitrogen and oxygen atoms in total. The number of pyridine rings is 1. The Hall–Kier alpha value is -3.63. The van der Waals surface area contributed by atoms with Crippen molar-refractivity contribution < 1.29 is 28.1 Å². The van der Waals surface area contributed by atoms with Crippen LogP contribution in [-0.2, 0) is 4.74 Å². The van der Waals surface area contributed by atoms with Crippen molar-refractivity contribution in [1.29, 1.82) is 0 Å². The molecule has 2 unspecified atom stereocenters. The first-order chi connectivity index (χ1) is 19.5. The van der Waals surface area contributed by atoms with E-state index in [9.17, 15) is 9.18 Å². The van der Waals surface area contributed by atoms with Gasteiger partial charge in [-0.25, -0.2) is 9.18 Å². The van der Waals surface area contributed by atoms with Crippen molar-refractivity contribution in [1.82, 2.24) is 15.2 Å². The number of urea groups is 1. The van der Waals surface area contributed by atoms with Crippen LogP contribution in [0.15, 0.2) is 42.6 Å². The highest BCUT2D eigenvalue weighted by molar-refractivity contribution is 5.90. The summed E-state index contributed by atoms with van der Waals surface area (Å²) < 4.78 is 38.4. The number of ether oxygens (including phenoxy) is 4. The van der Waals surface area contributed by atoms with Crippen molar-refractivity contribution in [2.45, 2.75) is 53.2 Å². The second kappa shape index (κ2) is 13.4. The fourth-order valence-corrected chi connectivity index (χ4v) is 4.75. The number of fused-ring (bicyclic) bond motifs is 1. The first-order valence-electron chi connectivity index (χ1n) is 14.0. The van der Waals surface area contributed by atoms with Gasteiger partial charge in [0.1, 0.15) is 23.9 Å². The van der Waals surface area contributed by atoms with Gasteiger partial charge in [-0.15, -0.1) is 0 Å². The normalized spacial score (nSPS) is 17.7. The quantitative estimate of drug-likeness (QED) is 0.300. The Morgan fingerprint density at radius 3 is 2.54 bits per heavy atom. The van der Waals surface area contributed by atoms with Crippen LogP contribution in [0.5, 0.6) is 23.0 Å². The largest absolute Gasteiger partial charge is 0.493 e. The van der Waals surface area contributed by atoms with E-state index in [-0.39, 0.29) is 29.1 Å². The average Bonchev–Trinajstić information content (AvgIpc) is 2.89. The van der Waals surface area contributed by atoms with Crippen LogP contribution in [0.2, 0.25) is 0 Å². The molecule has 2 atom stereocenters. The summed E-state index contributed by atoms with van der Waals surface area (Å²) in [4.78, 5) is 19.0. The number of anilines is 1. The summed E-state index contributed by atoms with van der Waals surface area (Å²) in [5.74, 6) is 1.28. The van der Waals surface area contributed by atoms with Gasteiger partial charge in [-0.2, -0.15) is 0 Å². The molecular weight excluding hydrogens is 527 g/mol. The smallest absolute Gasteiger partial charge is 0.319 e.